The lowest BCUT2D eigenvalue weighted by atomic mass is 10.00. The third-order valence-electron chi connectivity index (χ3n) is 3.81. The maximum atomic E-state index is 4.49. The molecule has 1 heterocycles. The summed E-state index contributed by atoms with van der Waals surface area (Å²) in [4.78, 5) is 6.76. The van der Waals surface area contributed by atoms with Crippen molar-refractivity contribution in [2.24, 2.45) is 5.92 Å². The SMILES string of the molecule is CCC(C)(C)N(C)c1cc(CNCC(C)C)ccn1. The number of aromatic nitrogens is 1. The van der Waals surface area contributed by atoms with E-state index in [-0.39, 0.29) is 5.54 Å². The molecule has 108 valence electrons. The van der Waals surface area contributed by atoms with Gasteiger partial charge in [0.1, 0.15) is 5.82 Å². The molecule has 0 aliphatic rings. The van der Waals surface area contributed by atoms with Crippen LogP contribution in [0.15, 0.2) is 18.3 Å². The van der Waals surface area contributed by atoms with Crippen LogP contribution in [0.4, 0.5) is 5.82 Å². The van der Waals surface area contributed by atoms with E-state index in [4.69, 9.17) is 0 Å². The zero-order valence-electron chi connectivity index (χ0n) is 13.3. The number of nitrogens with one attached hydrogen (secondary N) is 1. The molecule has 0 atom stereocenters. The fraction of sp³-hybridized carbons (Fsp3) is 0.688. The first-order valence-electron chi connectivity index (χ1n) is 7.26. The number of rotatable bonds is 7. The van der Waals surface area contributed by atoms with Gasteiger partial charge < -0.3 is 10.2 Å². The maximum Gasteiger partial charge on any atom is 0.128 e. The van der Waals surface area contributed by atoms with Gasteiger partial charge in [-0.25, -0.2) is 4.98 Å². The second kappa shape index (κ2) is 6.90. The third-order valence-corrected chi connectivity index (χ3v) is 3.81. The molecule has 0 spiro atoms. The average Bonchev–Trinajstić information content (AvgIpc) is 2.37. The summed E-state index contributed by atoms with van der Waals surface area (Å²) < 4.78 is 0. The number of pyridine rings is 1. The first-order chi connectivity index (χ1) is 8.86. The topological polar surface area (TPSA) is 28.2 Å². The normalized spacial score (nSPS) is 11.9. The summed E-state index contributed by atoms with van der Waals surface area (Å²) in [5.74, 6) is 1.73. The molecule has 0 saturated heterocycles. The molecule has 1 aromatic rings. The minimum Gasteiger partial charge on any atom is -0.355 e. The summed E-state index contributed by atoms with van der Waals surface area (Å²) in [5.41, 5.74) is 1.43. The highest BCUT2D eigenvalue weighted by Crippen LogP contribution is 2.23. The maximum absolute atomic E-state index is 4.49. The van der Waals surface area contributed by atoms with Crippen LogP contribution in [0.25, 0.3) is 0 Å². The molecule has 1 rings (SSSR count). The molecular weight excluding hydrogens is 234 g/mol. The zero-order chi connectivity index (χ0) is 14.5. The van der Waals surface area contributed by atoms with Gasteiger partial charge in [0.25, 0.3) is 0 Å². The standard InChI is InChI=1S/C16H29N3/c1-7-16(4,5)19(6)15-10-14(8-9-18-15)12-17-11-13(2)3/h8-10,13,17H,7,11-12H2,1-6H3. The predicted octanol–water partition coefficient (Wildman–Crippen LogP) is 3.45. The van der Waals surface area contributed by atoms with Crippen molar-refractivity contribution in [2.75, 3.05) is 18.5 Å². The molecule has 0 saturated carbocycles. The Morgan fingerprint density at radius 1 is 1.37 bits per heavy atom. The van der Waals surface area contributed by atoms with Crippen molar-refractivity contribution >= 4 is 5.82 Å². The van der Waals surface area contributed by atoms with Crippen molar-refractivity contribution in [2.45, 2.75) is 53.1 Å². The van der Waals surface area contributed by atoms with Gasteiger partial charge in [-0.05, 0) is 50.4 Å². The van der Waals surface area contributed by atoms with Gasteiger partial charge in [-0.1, -0.05) is 20.8 Å². The van der Waals surface area contributed by atoms with Crippen LogP contribution in [0.3, 0.4) is 0 Å². The first-order valence-corrected chi connectivity index (χ1v) is 7.26. The van der Waals surface area contributed by atoms with Crippen LogP contribution in [-0.2, 0) is 6.54 Å². The van der Waals surface area contributed by atoms with Crippen LogP contribution in [0, 0.1) is 5.92 Å². The minimum absolute atomic E-state index is 0.136. The Hall–Kier alpha value is -1.09. The summed E-state index contributed by atoms with van der Waals surface area (Å²) in [6, 6.07) is 4.27. The molecule has 3 nitrogen and oxygen atoms in total. The van der Waals surface area contributed by atoms with E-state index in [0.717, 1.165) is 25.3 Å². The van der Waals surface area contributed by atoms with E-state index in [1.54, 1.807) is 0 Å². The van der Waals surface area contributed by atoms with Gasteiger partial charge in [-0.2, -0.15) is 0 Å². The monoisotopic (exact) mass is 263 g/mol. The van der Waals surface area contributed by atoms with Crippen molar-refractivity contribution in [1.82, 2.24) is 10.3 Å². The molecule has 0 fully saturated rings. The second-order valence-corrected chi connectivity index (χ2v) is 6.27. The Balaban J connectivity index is 2.71. The van der Waals surface area contributed by atoms with Gasteiger partial charge in [-0.3, -0.25) is 0 Å². The summed E-state index contributed by atoms with van der Waals surface area (Å²) >= 11 is 0. The summed E-state index contributed by atoms with van der Waals surface area (Å²) in [6.07, 6.45) is 3.00. The molecule has 0 unspecified atom stereocenters. The van der Waals surface area contributed by atoms with Crippen molar-refractivity contribution in [3.05, 3.63) is 23.9 Å². The van der Waals surface area contributed by atoms with Gasteiger partial charge in [0.05, 0.1) is 0 Å². The van der Waals surface area contributed by atoms with E-state index in [2.05, 4.69) is 69.0 Å². The van der Waals surface area contributed by atoms with E-state index in [1.807, 2.05) is 6.20 Å². The largest absolute Gasteiger partial charge is 0.355 e. The van der Waals surface area contributed by atoms with Crippen LogP contribution in [0.1, 0.15) is 46.6 Å². The number of anilines is 1. The van der Waals surface area contributed by atoms with E-state index in [9.17, 15) is 0 Å². The Labute approximate surface area is 118 Å². The third kappa shape index (κ3) is 4.83. The zero-order valence-corrected chi connectivity index (χ0v) is 13.3. The van der Waals surface area contributed by atoms with Crippen molar-refractivity contribution < 1.29 is 0 Å². The first kappa shape index (κ1) is 16.0. The molecule has 19 heavy (non-hydrogen) atoms. The molecule has 0 aromatic carbocycles. The van der Waals surface area contributed by atoms with Crippen LogP contribution < -0.4 is 10.2 Å². The average molecular weight is 263 g/mol. The molecule has 0 radical (unpaired) electrons. The molecule has 3 heteroatoms. The molecule has 0 amide bonds. The number of hydrogen-bond donors (Lipinski definition) is 1. The summed E-state index contributed by atoms with van der Waals surface area (Å²) in [5, 5.41) is 3.47. The Bertz CT molecular complexity index is 385. The lowest BCUT2D eigenvalue weighted by Crippen LogP contribution is -2.41. The van der Waals surface area contributed by atoms with Gasteiger partial charge in [-0.15, -0.1) is 0 Å². The predicted molar refractivity (Wildman–Crippen MR) is 83.6 cm³/mol. The van der Waals surface area contributed by atoms with E-state index in [1.165, 1.54) is 5.56 Å². The number of nitrogens with zero attached hydrogens (tertiary/aromatic N) is 2. The van der Waals surface area contributed by atoms with Gasteiger partial charge in [0, 0.05) is 25.3 Å². The van der Waals surface area contributed by atoms with Crippen LogP contribution in [0.2, 0.25) is 0 Å². The second-order valence-electron chi connectivity index (χ2n) is 6.27. The van der Waals surface area contributed by atoms with E-state index >= 15 is 0 Å². The van der Waals surface area contributed by atoms with Gasteiger partial charge in [0.2, 0.25) is 0 Å². The van der Waals surface area contributed by atoms with Crippen LogP contribution in [-0.4, -0.2) is 24.1 Å². The molecule has 0 bridgehead atoms. The molecule has 0 aliphatic heterocycles. The van der Waals surface area contributed by atoms with Crippen LogP contribution >= 0.6 is 0 Å². The fourth-order valence-electron chi connectivity index (χ4n) is 1.81. The van der Waals surface area contributed by atoms with E-state index < -0.39 is 0 Å². The highest BCUT2D eigenvalue weighted by molar-refractivity contribution is 5.42. The summed E-state index contributed by atoms with van der Waals surface area (Å²) in [7, 11) is 2.12. The Kier molecular flexibility index (Phi) is 5.80. The van der Waals surface area contributed by atoms with E-state index in [0.29, 0.717) is 5.92 Å². The smallest absolute Gasteiger partial charge is 0.128 e. The highest BCUT2D eigenvalue weighted by atomic mass is 15.2. The van der Waals surface area contributed by atoms with Gasteiger partial charge >= 0.3 is 0 Å². The lowest BCUT2D eigenvalue weighted by Gasteiger charge is -2.36. The summed E-state index contributed by atoms with van der Waals surface area (Å²) in [6.45, 7) is 13.1. The molecule has 1 N–H and O–H groups in total. The lowest BCUT2D eigenvalue weighted by molar-refractivity contribution is 0.467. The fourth-order valence-corrected chi connectivity index (χ4v) is 1.81. The van der Waals surface area contributed by atoms with Crippen molar-refractivity contribution in [1.29, 1.82) is 0 Å². The quantitative estimate of drug-likeness (QED) is 0.816. The van der Waals surface area contributed by atoms with Crippen LogP contribution in [0.5, 0.6) is 0 Å². The number of hydrogen-bond acceptors (Lipinski definition) is 3. The highest BCUT2D eigenvalue weighted by Gasteiger charge is 2.22. The Morgan fingerprint density at radius 3 is 2.63 bits per heavy atom. The molecule has 1 aromatic heterocycles. The Morgan fingerprint density at radius 2 is 2.05 bits per heavy atom. The minimum atomic E-state index is 0.136. The van der Waals surface area contributed by atoms with Crippen molar-refractivity contribution in [3.8, 4) is 0 Å². The van der Waals surface area contributed by atoms with Crippen molar-refractivity contribution in [3.63, 3.8) is 0 Å². The molecule has 0 aliphatic carbocycles. The van der Waals surface area contributed by atoms with Gasteiger partial charge in [0.15, 0.2) is 0 Å². The molecular formula is C16H29N3.